The maximum absolute atomic E-state index is 4.32. The van der Waals surface area contributed by atoms with Crippen molar-refractivity contribution in [3.8, 4) is 0 Å². The molecule has 0 spiro atoms. The lowest BCUT2D eigenvalue weighted by Gasteiger charge is -2.14. The minimum Gasteiger partial charge on any atom is -0.338 e. The third-order valence-corrected chi connectivity index (χ3v) is 2.68. The Morgan fingerprint density at radius 1 is 1.50 bits per heavy atom. The van der Waals surface area contributed by atoms with Crippen molar-refractivity contribution in [1.29, 1.82) is 0 Å². The molecule has 1 heterocycles. The van der Waals surface area contributed by atoms with E-state index in [1.54, 1.807) is 0 Å². The van der Waals surface area contributed by atoms with Gasteiger partial charge in [-0.3, -0.25) is 0 Å². The highest BCUT2D eigenvalue weighted by Gasteiger charge is 2.06. The number of nitrogens with one attached hydrogen (secondary N) is 1. The van der Waals surface area contributed by atoms with E-state index < -0.39 is 0 Å². The summed E-state index contributed by atoms with van der Waals surface area (Å²) in [6.07, 6.45) is 8.60. The standard InChI is InChI=1S/C11H21N3/c1-4-5-10(12-2)6-7-11-13-8-9-14(11)3/h8-10,12H,4-7H2,1-3H3. The van der Waals surface area contributed by atoms with Gasteiger partial charge in [0, 0.05) is 31.9 Å². The number of aryl methyl sites for hydroxylation is 2. The molecule has 1 unspecified atom stereocenters. The Balaban J connectivity index is 2.35. The number of imidazole rings is 1. The summed E-state index contributed by atoms with van der Waals surface area (Å²) in [6, 6.07) is 0.636. The molecule has 1 N–H and O–H groups in total. The van der Waals surface area contributed by atoms with Gasteiger partial charge in [-0.1, -0.05) is 13.3 Å². The Hall–Kier alpha value is -0.830. The van der Waals surface area contributed by atoms with Crippen LogP contribution in [0.15, 0.2) is 12.4 Å². The molecule has 1 aromatic rings. The molecule has 0 saturated carbocycles. The van der Waals surface area contributed by atoms with Crippen molar-refractivity contribution < 1.29 is 0 Å². The molecule has 1 atom stereocenters. The highest BCUT2D eigenvalue weighted by Crippen LogP contribution is 2.06. The molecule has 0 saturated heterocycles. The van der Waals surface area contributed by atoms with Gasteiger partial charge >= 0.3 is 0 Å². The van der Waals surface area contributed by atoms with Crippen molar-refractivity contribution in [2.24, 2.45) is 7.05 Å². The van der Waals surface area contributed by atoms with Crippen LogP contribution < -0.4 is 5.32 Å². The third kappa shape index (κ3) is 3.14. The summed E-state index contributed by atoms with van der Waals surface area (Å²) in [5.41, 5.74) is 0. The van der Waals surface area contributed by atoms with E-state index in [1.807, 2.05) is 19.4 Å². The molecule has 0 aliphatic carbocycles. The molecule has 1 aromatic heterocycles. The Labute approximate surface area is 86.5 Å². The van der Waals surface area contributed by atoms with Crippen LogP contribution in [-0.2, 0) is 13.5 Å². The maximum atomic E-state index is 4.32. The molecule has 80 valence electrons. The molecule has 0 fully saturated rings. The number of nitrogens with zero attached hydrogens (tertiary/aromatic N) is 2. The molecule has 3 nitrogen and oxygen atoms in total. The fourth-order valence-electron chi connectivity index (χ4n) is 1.72. The van der Waals surface area contributed by atoms with Crippen LogP contribution in [0, 0.1) is 0 Å². The quantitative estimate of drug-likeness (QED) is 0.749. The molecular formula is C11H21N3. The van der Waals surface area contributed by atoms with Gasteiger partial charge in [-0.25, -0.2) is 4.98 Å². The van der Waals surface area contributed by atoms with Crippen LogP contribution in [0.1, 0.15) is 32.0 Å². The fraction of sp³-hybridized carbons (Fsp3) is 0.727. The summed E-state index contributed by atoms with van der Waals surface area (Å²) < 4.78 is 2.10. The highest BCUT2D eigenvalue weighted by atomic mass is 15.0. The Bertz CT molecular complexity index is 255. The van der Waals surface area contributed by atoms with Gasteiger partial charge in [0.15, 0.2) is 0 Å². The second kappa shape index (κ2) is 5.81. The zero-order valence-electron chi connectivity index (χ0n) is 9.45. The first-order valence-corrected chi connectivity index (χ1v) is 5.41. The van der Waals surface area contributed by atoms with Crippen molar-refractivity contribution in [3.05, 3.63) is 18.2 Å². The van der Waals surface area contributed by atoms with Gasteiger partial charge in [0.2, 0.25) is 0 Å². The topological polar surface area (TPSA) is 29.9 Å². The predicted molar refractivity (Wildman–Crippen MR) is 59.3 cm³/mol. The highest BCUT2D eigenvalue weighted by molar-refractivity contribution is 4.91. The van der Waals surface area contributed by atoms with Crippen molar-refractivity contribution in [1.82, 2.24) is 14.9 Å². The summed E-state index contributed by atoms with van der Waals surface area (Å²) in [6.45, 7) is 2.23. The minimum atomic E-state index is 0.636. The van der Waals surface area contributed by atoms with Crippen LogP contribution in [0.5, 0.6) is 0 Å². The van der Waals surface area contributed by atoms with Gasteiger partial charge < -0.3 is 9.88 Å². The van der Waals surface area contributed by atoms with E-state index in [0.717, 1.165) is 6.42 Å². The Morgan fingerprint density at radius 3 is 2.79 bits per heavy atom. The van der Waals surface area contributed by atoms with Crippen molar-refractivity contribution in [2.75, 3.05) is 7.05 Å². The van der Waals surface area contributed by atoms with E-state index in [1.165, 1.54) is 25.1 Å². The minimum absolute atomic E-state index is 0.636. The van der Waals surface area contributed by atoms with E-state index in [4.69, 9.17) is 0 Å². The first-order chi connectivity index (χ1) is 6.77. The molecule has 0 aromatic carbocycles. The number of hydrogen-bond acceptors (Lipinski definition) is 2. The molecular weight excluding hydrogens is 174 g/mol. The van der Waals surface area contributed by atoms with Crippen molar-refractivity contribution in [2.45, 2.75) is 38.6 Å². The average molecular weight is 195 g/mol. The lowest BCUT2D eigenvalue weighted by Crippen LogP contribution is -2.25. The first-order valence-electron chi connectivity index (χ1n) is 5.41. The Morgan fingerprint density at radius 2 is 2.29 bits per heavy atom. The molecule has 0 radical (unpaired) electrons. The van der Waals surface area contributed by atoms with E-state index in [-0.39, 0.29) is 0 Å². The molecule has 0 amide bonds. The SMILES string of the molecule is CCCC(CCc1nccn1C)NC. The normalized spacial score (nSPS) is 13.1. The summed E-state index contributed by atoms with van der Waals surface area (Å²) in [7, 11) is 4.09. The molecule has 1 rings (SSSR count). The van der Waals surface area contributed by atoms with Gasteiger partial charge in [-0.05, 0) is 19.9 Å². The van der Waals surface area contributed by atoms with Crippen molar-refractivity contribution >= 4 is 0 Å². The first kappa shape index (κ1) is 11.2. The summed E-state index contributed by atoms with van der Waals surface area (Å²) in [4.78, 5) is 4.32. The van der Waals surface area contributed by atoms with E-state index in [9.17, 15) is 0 Å². The summed E-state index contributed by atoms with van der Waals surface area (Å²) >= 11 is 0. The van der Waals surface area contributed by atoms with Crippen LogP contribution in [0.4, 0.5) is 0 Å². The van der Waals surface area contributed by atoms with Gasteiger partial charge in [0.1, 0.15) is 5.82 Å². The molecule has 0 bridgehead atoms. The largest absolute Gasteiger partial charge is 0.338 e. The lowest BCUT2D eigenvalue weighted by molar-refractivity contribution is 0.476. The van der Waals surface area contributed by atoms with Crippen LogP contribution in [0.2, 0.25) is 0 Å². The summed E-state index contributed by atoms with van der Waals surface area (Å²) in [5.74, 6) is 1.18. The molecule has 0 aliphatic rings. The van der Waals surface area contributed by atoms with E-state index in [2.05, 4.69) is 28.8 Å². The van der Waals surface area contributed by atoms with Gasteiger partial charge in [-0.15, -0.1) is 0 Å². The van der Waals surface area contributed by atoms with E-state index in [0.29, 0.717) is 6.04 Å². The zero-order valence-corrected chi connectivity index (χ0v) is 9.45. The predicted octanol–water partition coefficient (Wildman–Crippen LogP) is 1.74. The van der Waals surface area contributed by atoms with Gasteiger partial charge in [-0.2, -0.15) is 0 Å². The Kier molecular flexibility index (Phi) is 4.66. The number of rotatable bonds is 6. The van der Waals surface area contributed by atoms with Crippen LogP contribution in [0.3, 0.4) is 0 Å². The fourth-order valence-corrected chi connectivity index (χ4v) is 1.72. The number of hydrogen-bond donors (Lipinski definition) is 1. The lowest BCUT2D eigenvalue weighted by atomic mass is 10.1. The van der Waals surface area contributed by atoms with Crippen LogP contribution in [0.25, 0.3) is 0 Å². The monoisotopic (exact) mass is 195 g/mol. The molecule has 0 aliphatic heterocycles. The second-order valence-corrected chi connectivity index (χ2v) is 3.77. The van der Waals surface area contributed by atoms with Crippen LogP contribution in [-0.4, -0.2) is 22.6 Å². The van der Waals surface area contributed by atoms with Crippen molar-refractivity contribution in [3.63, 3.8) is 0 Å². The summed E-state index contributed by atoms with van der Waals surface area (Å²) in [5, 5.41) is 3.35. The number of aromatic nitrogens is 2. The zero-order chi connectivity index (χ0) is 10.4. The third-order valence-electron chi connectivity index (χ3n) is 2.68. The molecule has 3 heteroatoms. The van der Waals surface area contributed by atoms with Gasteiger partial charge in [0.25, 0.3) is 0 Å². The van der Waals surface area contributed by atoms with Crippen LogP contribution >= 0.6 is 0 Å². The average Bonchev–Trinajstić information content (AvgIpc) is 2.59. The smallest absolute Gasteiger partial charge is 0.108 e. The molecule has 14 heavy (non-hydrogen) atoms. The van der Waals surface area contributed by atoms with Gasteiger partial charge in [0.05, 0.1) is 0 Å². The van der Waals surface area contributed by atoms with E-state index >= 15 is 0 Å². The second-order valence-electron chi connectivity index (χ2n) is 3.77. The maximum Gasteiger partial charge on any atom is 0.108 e.